The summed E-state index contributed by atoms with van der Waals surface area (Å²) in [7, 11) is 0. The van der Waals surface area contributed by atoms with E-state index in [0.717, 1.165) is 6.08 Å². The standard InChI is InChI=1S/C22H14O7/c1-8-3-10-18(13(23)4-8)14(24)6-12(20(10)27)17-9(2)5-11-19(22(17)29)15(25)7-16(26)21(11)28/h3-7,23,25,29H,1-2H3. The summed E-state index contributed by atoms with van der Waals surface area (Å²) in [6.07, 6.45) is 1.70. The molecule has 0 bridgehead atoms. The molecule has 0 heterocycles. The minimum atomic E-state index is -0.926. The highest BCUT2D eigenvalue weighted by Crippen LogP contribution is 2.42. The average Bonchev–Trinajstić information content (AvgIpc) is 2.62. The molecule has 2 aromatic rings. The van der Waals surface area contributed by atoms with Gasteiger partial charge in [-0.15, -0.1) is 0 Å². The molecular formula is C22H14O7. The van der Waals surface area contributed by atoms with E-state index in [1.807, 2.05) is 0 Å². The molecule has 4 rings (SSSR count). The van der Waals surface area contributed by atoms with Crippen molar-refractivity contribution in [1.82, 2.24) is 0 Å². The van der Waals surface area contributed by atoms with Gasteiger partial charge in [0, 0.05) is 28.3 Å². The van der Waals surface area contributed by atoms with E-state index in [1.165, 1.54) is 25.1 Å². The second-order valence-corrected chi connectivity index (χ2v) is 7.02. The number of aryl methyl sites for hydroxylation is 2. The highest BCUT2D eigenvalue weighted by Gasteiger charge is 2.35. The number of hydrogen-bond donors (Lipinski definition) is 3. The van der Waals surface area contributed by atoms with Crippen LogP contribution >= 0.6 is 0 Å². The minimum absolute atomic E-state index is 0.00691. The van der Waals surface area contributed by atoms with Crippen molar-refractivity contribution in [1.29, 1.82) is 0 Å². The van der Waals surface area contributed by atoms with Gasteiger partial charge < -0.3 is 15.3 Å². The number of aromatic hydroxyl groups is 2. The van der Waals surface area contributed by atoms with Gasteiger partial charge in [0.15, 0.2) is 11.6 Å². The normalized spacial score (nSPS) is 15.7. The van der Waals surface area contributed by atoms with Crippen LogP contribution in [0.5, 0.6) is 11.5 Å². The van der Waals surface area contributed by atoms with E-state index >= 15 is 0 Å². The van der Waals surface area contributed by atoms with E-state index in [9.17, 15) is 34.5 Å². The molecule has 2 aliphatic carbocycles. The monoisotopic (exact) mass is 390 g/mol. The predicted molar refractivity (Wildman–Crippen MR) is 102 cm³/mol. The molecule has 2 aromatic carbocycles. The molecule has 0 fully saturated rings. The maximum Gasteiger partial charge on any atom is 0.233 e. The Balaban J connectivity index is 1.99. The number of ketones is 4. The Morgan fingerprint density at radius 3 is 2.03 bits per heavy atom. The van der Waals surface area contributed by atoms with Crippen LogP contribution in [-0.4, -0.2) is 38.5 Å². The molecule has 7 heteroatoms. The third-order valence-electron chi connectivity index (χ3n) is 5.03. The van der Waals surface area contributed by atoms with Crippen molar-refractivity contribution in [3.05, 3.63) is 69.3 Å². The van der Waals surface area contributed by atoms with Crippen LogP contribution < -0.4 is 0 Å². The molecular weight excluding hydrogens is 376 g/mol. The zero-order valence-electron chi connectivity index (χ0n) is 15.4. The number of phenolic OH excluding ortho intramolecular Hbond substituents is 2. The van der Waals surface area contributed by atoms with Crippen molar-refractivity contribution < 1.29 is 34.5 Å². The third kappa shape index (κ3) is 2.51. The first-order valence-electron chi connectivity index (χ1n) is 8.62. The summed E-state index contributed by atoms with van der Waals surface area (Å²) in [5.41, 5.74) is 0.0883. The summed E-state index contributed by atoms with van der Waals surface area (Å²) in [6, 6.07) is 4.12. The molecule has 0 unspecified atom stereocenters. The Kier molecular flexibility index (Phi) is 3.80. The molecule has 29 heavy (non-hydrogen) atoms. The van der Waals surface area contributed by atoms with Crippen molar-refractivity contribution in [3.8, 4) is 11.5 Å². The van der Waals surface area contributed by atoms with Crippen LogP contribution in [0.4, 0.5) is 0 Å². The van der Waals surface area contributed by atoms with Crippen LogP contribution in [0, 0.1) is 13.8 Å². The van der Waals surface area contributed by atoms with Gasteiger partial charge >= 0.3 is 0 Å². The lowest BCUT2D eigenvalue weighted by Crippen LogP contribution is -2.21. The van der Waals surface area contributed by atoms with Gasteiger partial charge in [-0.3, -0.25) is 19.2 Å². The number of phenols is 2. The summed E-state index contributed by atoms with van der Waals surface area (Å²) in [5.74, 6) is -4.54. The molecule has 7 nitrogen and oxygen atoms in total. The first-order valence-corrected chi connectivity index (χ1v) is 8.62. The van der Waals surface area contributed by atoms with Crippen molar-refractivity contribution in [2.45, 2.75) is 13.8 Å². The molecule has 144 valence electrons. The molecule has 0 saturated carbocycles. The summed E-state index contributed by atoms with van der Waals surface area (Å²) >= 11 is 0. The number of allylic oxidation sites excluding steroid dienone is 3. The maximum atomic E-state index is 13.1. The number of fused-ring (bicyclic) bond motifs is 2. The zero-order chi connectivity index (χ0) is 21.2. The lowest BCUT2D eigenvalue weighted by molar-refractivity contribution is -0.111. The molecule has 0 saturated heterocycles. The van der Waals surface area contributed by atoms with E-state index in [1.54, 1.807) is 6.92 Å². The highest BCUT2D eigenvalue weighted by molar-refractivity contribution is 6.50. The van der Waals surface area contributed by atoms with Gasteiger partial charge in [0.1, 0.15) is 17.3 Å². The quantitative estimate of drug-likeness (QED) is 0.639. The average molecular weight is 390 g/mol. The molecule has 0 amide bonds. The van der Waals surface area contributed by atoms with Gasteiger partial charge in [0.05, 0.1) is 11.1 Å². The van der Waals surface area contributed by atoms with Crippen molar-refractivity contribution in [2.75, 3.05) is 0 Å². The maximum absolute atomic E-state index is 13.1. The predicted octanol–water partition coefficient (Wildman–Crippen LogP) is 2.84. The first-order chi connectivity index (χ1) is 13.6. The van der Waals surface area contributed by atoms with Gasteiger partial charge in [-0.05, 0) is 49.2 Å². The van der Waals surface area contributed by atoms with Gasteiger partial charge in [0.2, 0.25) is 11.6 Å². The van der Waals surface area contributed by atoms with E-state index in [0.29, 0.717) is 11.6 Å². The Morgan fingerprint density at radius 2 is 1.34 bits per heavy atom. The van der Waals surface area contributed by atoms with Crippen LogP contribution in [-0.2, 0) is 4.79 Å². The summed E-state index contributed by atoms with van der Waals surface area (Å²) in [6.45, 7) is 3.16. The number of rotatable bonds is 1. The van der Waals surface area contributed by atoms with Crippen LogP contribution in [0.2, 0.25) is 0 Å². The van der Waals surface area contributed by atoms with Crippen LogP contribution in [0.15, 0.2) is 30.4 Å². The van der Waals surface area contributed by atoms with Crippen LogP contribution in [0.1, 0.15) is 53.3 Å². The van der Waals surface area contributed by atoms with Gasteiger partial charge in [0.25, 0.3) is 0 Å². The summed E-state index contributed by atoms with van der Waals surface area (Å²) in [5, 5.41) is 31.0. The van der Waals surface area contributed by atoms with Crippen molar-refractivity contribution in [2.24, 2.45) is 0 Å². The number of aliphatic hydroxyl groups is 1. The zero-order valence-corrected chi connectivity index (χ0v) is 15.4. The summed E-state index contributed by atoms with van der Waals surface area (Å²) < 4.78 is 0. The Labute approximate surface area is 164 Å². The number of aliphatic hydroxyl groups excluding tert-OH is 1. The summed E-state index contributed by atoms with van der Waals surface area (Å²) in [4.78, 5) is 49.5. The molecule has 0 spiro atoms. The molecule has 0 aliphatic heterocycles. The minimum Gasteiger partial charge on any atom is -0.507 e. The fourth-order valence-corrected chi connectivity index (χ4v) is 3.78. The topological polar surface area (TPSA) is 129 Å². The second-order valence-electron chi connectivity index (χ2n) is 7.02. The van der Waals surface area contributed by atoms with E-state index in [-0.39, 0.29) is 44.7 Å². The van der Waals surface area contributed by atoms with Gasteiger partial charge in [-0.1, -0.05) is 0 Å². The molecule has 0 atom stereocenters. The molecule has 0 radical (unpaired) electrons. The fourth-order valence-electron chi connectivity index (χ4n) is 3.78. The first kappa shape index (κ1) is 18.4. The number of hydrogen-bond acceptors (Lipinski definition) is 7. The van der Waals surface area contributed by atoms with Gasteiger partial charge in [-0.2, -0.15) is 0 Å². The number of carbonyl (C=O) groups excluding carboxylic acids is 4. The third-order valence-corrected chi connectivity index (χ3v) is 5.03. The largest absolute Gasteiger partial charge is 0.507 e. The Bertz CT molecular complexity index is 1260. The van der Waals surface area contributed by atoms with Crippen molar-refractivity contribution >= 4 is 34.5 Å². The SMILES string of the molecule is Cc1cc(O)c2c(c1)C(=O)C(c1c(C)cc3c(c1O)C(O)=CC(=O)C3=O)=CC2=O. The van der Waals surface area contributed by atoms with E-state index in [4.69, 9.17) is 0 Å². The number of Topliss-reactive ketones (excluding diaryl/α,β-unsaturated/α-hetero) is 2. The lowest BCUT2D eigenvalue weighted by atomic mass is 9.80. The molecule has 0 aromatic heterocycles. The van der Waals surface area contributed by atoms with Crippen molar-refractivity contribution in [3.63, 3.8) is 0 Å². The van der Waals surface area contributed by atoms with E-state index < -0.39 is 34.6 Å². The van der Waals surface area contributed by atoms with Crippen LogP contribution in [0.3, 0.4) is 0 Å². The highest BCUT2D eigenvalue weighted by atomic mass is 16.3. The molecule has 2 aliphatic rings. The van der Waals surface area contributed by atoms with Crippen LogP contribution in [0.25, 0.3) is 11.3 Å². The Hall–Kier alpha value is -4.00. The molecule has 3 N–H and O–H groups in total. The smallest absolute Gasteiger partial charge is 0.233 e. The van der Waals surface area contributed by atoms with E-state index in [2.05, 4.69) is 0 Å². The fraction of sp³-hybridized carbons (Fsp3) is 0.0909. The number of carbonyl (C=O) groups is 4. The second kappa shape index (κ2) is 6.00. The Morgan fingerprint density at radius 1 is 0.690 bits per heavy atom. The van der Waals surface area contributed by atoms with Gasteiger partial charge in [-0.25, -0.2) is 0 Å². The lowest BCUT2D eigenvalue weighted by Gasteiger charge is -2.22. The number of benzene rings is 2.